The lowest BCUT2D eigenvalue weighted by Crippen LogP contribution is -2.09. The predicted molar refractivity (Wildman–Crippen MR) is 75.6 cm³/mol. The van der Waals surface area contributed by atoms with Gasteiger partial charge in [-0.1, -0.05) is 18.2 Å². The lowest BCUT2D eigenvalue weighted by molar-refractivity contribution is 0.486. The summed E-state index contributed by atoms with van der Waals surface area (Å²) in [6.45, 7) is 0. The zero-order valence-electron chi connectivity index (χ0n) is 10.8. The maximum absolute atomic E-state index is 12.1. The quantitative estimate of drug-likeness (QED) is 0.689. The molecule has 0 fully saturated rings. The first-order chi connectivity index (χ1) is 10.1. The number of aromatic nitrogens is 3. The SMILES string of the molecule is O=S(=O)(Oc1ccc(-n2cncn2)cc1)c1ccccc1. The molecule has 3 rings (SSSR count). The minimum Gasteiger partial charge on any atom is -0.379 e. The smallest absolute Gasteiger partial charge is 0.339 e. The number of hydrogen-bond acceptors (Lipinski definition) is 5. The van der Waals surface area contributed by atoms with Gasteiger partial charge in [-0.3, -0.25) is 0 Å². The Morgan fingerprint density at radius 1 is 0.952 bits per heavy atom. The summed E-state index contributed by atoms with van der Waals surface area (Å²) in [5.74, 6) is 0.239. The van der Waals surface area contributed by atoms with Crippen molar-refractivity contribution in [1.82, 2.24) is 14.8 Å². The molecule has 0 radical (unpaired) electrons. The van der Waals surface area contributed by atoms with Crippen molar-refractivity contribution in [2.45, 2.75) is 4.90 Å². The van der Waals surface area contributed by atoms with Gasteiger partial charge in [0, 0.05) is 0 Å². The molecular weight excluding hydrogens is 290 g/mol. The summed E-state index contributed by atoms with van der Waals surface area (Å²) >= 11 is 0. The van der Waals surface area contributed by atoms with Gasteiger partial charge in [-0.05, 0) is 36.4 Å². The van der Waals surface area contributed by atoms with Crippen LogP contribution >= 0.6 is 0 Å². The molecule has 0 saturated carbocycles. The van der Waals surface area contributed by atoms with E-state index in [-0.39, 0.29) is 10.6 Å². The summed E-state index contributed by atoms with van der Waals surface area (Å²) in [5, 5.41) is 3.98. The molecule has 0 aliphatic carbocycles. The fourth-order valence-corrected chi connectivity index (χ4v) is 2.71. The molecule has 0 amide bonds. The van der Waals surface area contributed by atoms with Gasteiger partial charge in [0.05, 0.1) is 5.69 Å². The Hall–Kier alpha value is -2.67. The van der Waals surface area contributed by atoms with Gasteiger partial charge in [0.15, 0.2) is 0 Å². The summed E-state index contributed by atoms with van der Waals surface area (Å²) in [6, 6.07) is 14.5. The van der Waals surface area contributed by atoms with E-state index in [1.807, 2.05) is 0 Å². The van der Waals surface area contributed by atoms with Gasteiger partial charge in [-0.2, -0.15) is 13.5 Å². The predicted octanol–water partition coefficient (Wildman–Crippen LogP) is 2.04. The highest BCUT2D eigenvalue weighted by Crippen LogP contribution is 2.19. The first-order valence-corrected chi connectivity index (χ1v) is 7.50. The molecule has 1 heterocycles. The van der Waals surface area contributed by atoms with E-state index in [0.29, 0.717) is 0 Å². The number of nitrogens with zero attached hydrogens (tertiary/aromatic N) is 3. The average Bonchev–Trinajstić information content (AvgIpc) is 3.03. The van der Waals surface area contributed by atoms with Crippen molar-refractivity contribution < 1.29 is 12.6 Å². The Labute approximate surface area is 121 Å². The van der Waals surface area contributed by atoms with Crippen molar-refractivity contribution >= 4 is 10.1 Å². The highest BCUT2D eigenvalue weighted by atomic mass is 32.2. The third kappa shape index (κ3) is 2.92. The Kier molecular flexibility index (Phi) is 3.41. The lowest BCUT2D eigenvalue weighted by Gasteiger charge is -2.07. The number of rotatable bonds is 4. The highest BCUT2D eigenvalue weighted by Gasteiger charge is 2.15. The van der Waals surface area contributed by atoms with E-state index in [4.69, 9.17) is 4.18 Å². The van der Waals surface area contributed by atoms with Gasteiger partial charge in [0.2, 0.25) is 0 Å². The van der Waals surface area contributed by atoms with E-state index >= 15 is 0 Å². The van der Waals surface area contributed by atoms with Crippen molar-refractivity contribution in [3.63, 3.8) is 0 Å². The molecule has 0 aliphatic rings. The second-order valence-electron chi connectivity index (χ2n) is 4.18. The third-order valence-corrected chi connectivity index (χ3v) is 4.02. The van der Waals surface area contributed by atoms with E-state index in [1.165, 1.54) is 18.5 Å². The topological polar surface area (TPSA) is 74.1 Å². The average molecular weight is 301 g/mol. The first-order valence-electron chi connectivity index (χ1n) is 6.10. The largest absolute Gasteiger partial charge is 0.379 e. The van der Waals surface area contributed by atoms with Crippen LogP contribution in [0.3, 0.4) is 0 Å². The molecule has 6 nitrogen and oxygen atoms in total. The maximum atomic E-state index is 12.1. The Balaban J connectivity index is 1.83. The molecule has 0 aliphatic heterocycles. The molecule has 1 aromatic heterocycles. The molecule has 0 bridgehead atoms. The van der Waals surface area contributed by atoms with Gasteiger partial charge < -0.3 is 4.18 Å². The molecule has 0 N–H and O–H groups in total. The molecule has 0 atom stereocenters. The van der Waals surface area contributed by atoms with Crippen LogP contribution in [-0.4, -0.2) is 23.2 Å². The number of hydrogen-bond donors (Lipinski definition) is 0. The molecule has 0 spiro atoms. The summed E-state index contributed by atoms with van der Waals surface area (Å²) in [7, 11) is -3.81. The third-order valence-electron chi connectivity index (χ3n) is 2.76. The molecule has 2 aromatic carbocycles. The van der Waals surface area contributed by atoms with Gasteiger partial charge in [-0.25, -0.2) is 9.67 Å². The molecule has 0 unspecified atom stereocenters. The van der Waals surface area contributed by atoms with Crippen LogP contribution in [0.4, 0.5) is 0 Å². The van der Waals surface area contributed by atoms with Crippen molar-refractivity contribution in [2.75, 3.05) is 0 Å². The molecular formula is C14H11N3O3S. The van der Waals surface area contributed by atoms with Gasteiger partial charge >= 0.3 is 10.1 Å². The van der Waals surface area contributed by atoms with Crippen molar-refractivity contribution in [3.05, 3.63) is 67.3 Å². The summed E-state index contributed by atoms with van der Waals surface area (Å²) < 4.78 is 30.8. The maximum Gasteiger partial charge on any atom is 0.339 e. The summed E-state index contributed by atoms with van der Waals surface area (Å²) in [6.07, 6.45) is 2.97. The van der Waals surface area contributed by atoms with Crippen LogP contribution in [0.5, 0.6) is 5.75 Å². The summed E-state index contributed by atoms with van der Waals surface area (Å²) in [5.41, 5.74) is 0.761. The van der Waals surface area contributed by atoms with Crippen LogP contribution in [0.25, 0.3) is 5.69 Å². The molecule has 3 aromatic rings. The van der Waals surface area contributed by atoms with Gasteiger partial charge in [0.1, 0.15) is 23.3 Å². The van der Waals surface area contributed by atoms with E-state index in [2.05, 4.69) is 10.1 Å². The second-order valence-corrected chi connectivity index (χ2v) is 5.73. The van der Waals surface area contributed by atoms with Crippen molar-refractivity contribution in [2.24, 2.45) is 0 Å². The molecule has 106 valence electrons. The van der Waals surface area contributed by atoms with Gasteiger partial charge in [-0.15, -0.1) is 0 Å². The monoisotopic (exact) mass is 301 g/mol. The van der Waals surface area contributed by atoms with Crippen molar-refractivity contribution in [1.29, 1.82) is 0 Å². The zero-order chi connectivity index (χ0) is 14.7. The van der Waals surface area contributed by atoms with Crippen molar-refractivity contribution in [3.8, 4) is 11.4 Å². The van der Waals surface area contributed by atoms with Crippen LogP contribution < -0.4 is 4.18 Å². The minimum atomic E-state index is -3.81. The van der Waals surface area contributed by atoms with E-state index in [1.54, 1.807) is 53.5 Å². The standard InChI is InChI=1S/C14H11N3O3S/c18-21(19,14-4-2-1-3-5-14)20-13-8-6-12(7-9-13)17-11-15-10-16-17/h1-11H. The van der Waals surface area contributed by atoms with Crippen LogP contribution in [0.1, 0.15) is 0 Å². The molecule has 21 heavy (non-hydrogen) atoms. The first kappa shape index (κ1) is 13.3. The van der Waals surface area contributed by atoms with E-state index < -0.39 is 10.1 Å². The van der Waals surface area contributed by atoms with Crippen LogP contribution in [-0.2, 0) is 10.1 Å². The van der Waals surface area contributed by atoms with Crippen LogP contribution in [0.2, 0.25) is 0 Å². The van der Waals surface area contributed by atoms with Crippen LogP contribution in [0, 0.1) is 0 Å². The highest BCUT2D eigenvalue weighted by molar-refractivity contribution is 7.87. The Bertz CT molecular complexity index is 814. The van der Waals surface area contributed by atoms with Gasteiger partial charge in [0.25, 0.3) is 0 Å². The Morgan fingerprint density at radius 2 is 1.67 bits per heavy atom. The molecule has 0 saturated heterocycles. The lowest BCUT2D eigenvalue weighted by atomic mass is 10.3. The fraction of sp³-hybridized carbons (Fsp3) is 0. The normalized spacial score (nSPS) is 11.2. The second kappa shape index (κ2) is 5.37. The summed E-state index contributed by atoms with van der Waals surface area (Å²) in [4.78, 5) is 3.96. The van der Waals surface area contributed by atoms with E-state index in [9.17, 15) is 8.42 Å². The van der Waals surface area contributed by atoms with Crippen LogP contribution in [0.15, 0.2) is 72.1 Å². The van der Waals surface area contributed by atoms with E-state index in [0.717, 1.165) is 5.69 Å². The zero-order valence-corrected chi connectivity index (χ0v) is 11.6. The molecule has 7 heteroatoms. The number of benzene rings is 2. The Morgan fingerprint density at radius 3 is 2.29 bits per heavy atom. The fourth-order valence-electron chi connectivity index (χ4n) is 1.76. The minimum absolute atomic E-state index is 0.116.